The predicted molar refractivity (Wildman–Crippen MR) is 83.7 cm³/mol. The van der Waals surface area contributed by atoms with E-state index in [1.54, 1.807) is 0 Å². The molecule has 2 rings (SSSR count). The Balaban J connectivity index is 2.35. The van der Waals surface area contributed by atoms with E-state index in [9.17, 15) is 15.0 Å². The molecule has 2 aromatic carbocycles. The molecule has 22 heavy (non-hydrogen) atoms. The molecular weight excluding hydrogens is 280 g/mol. The van der Waals surface area contributed by atoms with Gasteiger partial charge in [-0.25, -0.2) is 4.79 Å². The summed E-state index contributed by atoms with van der Waals surface area (Å²) in [4.78, 5) is 11.4. The summed E-state index contributed by atoms with van der Waals surface area (Å²) in [6, 6.07) is 18.9. The van der Waals surface area contributed by atoms with Gasteiger partial charge in [0, 0.05) is 20.0 Å². The topological polar surface area (TPSA) is 66.8 Å². The fourth-order valence-corrected chi connectivity index (χ4v) is 2.62. The van der Waals surface area contributed by atoms with Crippen LogP contribution in [0.5, 0.6) is 0 Å². The van der Waals surface area contributed by atoms with Crippen LogP contribution >= 0.6 is 0 Å². The molecule has 0 heterocycles. The number of hydrogen-bond donors (Lipinski definition) is 2. The lowest BCUT2D eigenvalue weighted by atomic mass is 9.83. The SMILES string of the molecule is COC(Cc1ccccc1)(Cc1ccccc1)C(O)C(=O)O. The molecule has 1 unspecified atom stereocenters. The van der Waals surface area contributed by atoms with Crippen molar-refractivity contribution in [2.24, 2.45) is 0 Å². The zero-order chi connectivity index (χ0) is 16.0. The highest BCUT2D eigenvalue weighted by Crippen LogP contribution is 2.27. The van der Waals surface area contributed by atoms with Crippen molar-refractivity contribution in [3.05, 3.63) is 71.8 Å². The lowest BCUT2D eigenvalue weighted by Gasteiger charge is -2.35. The highest BCUT2D eigenvalue weighted by molar-refractivity contribution is 5.74. The zero-order valence-electron chi connectivity index (χ0n) is 12.5. The Labute approximate surface area is 130 Å². The number of aliphatic hydroxyl groups is 1. The number of aliphatic hydroxyl groups excluding tert-OH is 1. The Morgan fingerprint density at radius 3 is 1.73 bits per heavy atom. The lowest BCUT2D eigenvalue weighted by Crippen LogP contribution is -2.52. The highest BCUT2D eigenvalue weighted by atomic mass is 16.5. The molecule has 1 atom stereocenters. The highest BCUT2D eigenvalue weighted by Gasteiger charge is 2.42. The molecule has 2 aromatic rings. The van der Waals surface area contributed by atoms with Gasteiger partial charge < -0.3 is 14.9 Å². The normalized spacial score (nSPS) is 12.8. The summed E-state index contributed by atoms with van der Waals surface area (Å²) in [7, 11) is 1.44. The van der Waals surface area contributed by atoms with E-state index in [1.165, 1.54) is 7.11 Å². The van der Waals surface area contributed by atoms with Gasteiger partial charge in [0.2, 0.25) is 0 Å². The average molecular weight is 300 g/mol. The van der Waals surface area contributed by atoms with Crippen molar-refractivity contribution in [1.82, 2.24) is 0 Å². The van der Waals surface area contributed by atoms with Crippen LogP contribution in [-0.4, -0.2) is 35.0 Å². The maximum absolute atomic E-state index is 11.4. The summed E-state index contributed by atoms with van der Waals surface area (Å²) in [5.41, 5.74) is 0.621. The fourth-order valence-electron chi connectivity index (χ4n) is 2.62. The number of carboxylic acids is 1. The minimum atomic E-state index is -1.61. The molecule has 0 aromatic heterocycles. The van der Waals surface area contributed by atoms with Crippen molar-refractivity contribution in [3.63, 3.8) is 0 Å². The Hall–Kier alpha value is -2.17. The van der Waals surface area contributed by atoms with Crippen LogP contribution in [0.2, 0.25) is 0 Å². The largest absolute Gasteiger partial charge is 0.479 e. The molecule has 116 valence electrons. The summed E-state index contributed by atoms with van der Waals surface area (Å²) in [6.07, 6.45) is -0.989. The second-order valence-corrected chi connectivity index (χ2v) is 5.33. The van der Waals surface area contributed by atoms with E-state index in [0.717, 1.165) is 11.1 Å². The van der Waals surface area contributed by atoms with Crippen LogP contribution in [0.3, 0.4) is 0 Å². The lowest BCUT2D eigenvalue weighted by molar-refractivity contribution is -0.167. The summed E-state index contributed by atoms with van der Waals surface area (Å²) in [5.74, 6) is -1.28. The molecule has 0 aliphatic carbocycles. The summed E-state index contributed by atoms with van der Waals surface area (Å²) >= 11 is 0. The summed E-state index contributed by atoms with van der Waals surface area (Å²) in [6.45, 7) is 0. The molecule has 0 radical (unpaired) electrons. The summed E-state index contributed by atoms with van der Waals surface area (Å²) < 4.78 is 5.54. The van der Waals surface area contributed by atoms with Gasteiger partial charge in [-0.15, -0.1) is 0 Å². The third kappa shape index (κ3) is 3.72. The first-order chi connectivity index (χ1) is 10.6. The quantitative estimate of drug-likeness (QED) is 0.823. The molecule has 0 fully saturated rings. The second kappa shape index (κ2) is 7.20. The first kappa shape index (κ1) is 16.2. The summed E-state index contributed by atoms with van der Waals surface area (Å²) in [5, 5.41) is 19.5. The smallest absolute Gasteiger partial charge is 0.335 e. The molecule has 0 spiro atoms. The second-order valence-electron chi connectivity index (χ2n) is 5.33. The van der Waals surface area contributed by atoms with Crippen LogP contribution in [0.15, 0.2) is 60.7 Å². The van der Waals surface area contributed by atoms with Crippen molar-refractivity contribution in [1.29, 1.82) is 0 Å². The number of rotatable bonds is 7. The maximum Gasteiger partial charge on any atom is 0.335 e. The molecule has 0 aliphatic heterocycles. The third-order valence-corrected chi connectivity index (χ3v) is 3.83. The van der Waals surface area contributed by atoms with E-state index in [0.29, 0.717) is 12.8 Å². The molecule has 0 saturated carbocycles. The monoisotopic (exact) mass is 300 g/mol. The number of hydrogen-bond acceptors (Lipinski definition) is 3. The van der Waals surface area contributed by atoms with E-state index in [2.05, 4.69) is 0 Å². The van der Waals surface area contributed by atoms with Gasteiger partial charge in [-0.3, -0.25) is 0 Å². The molecule has 0 bridgehead atoms. The van der Waals surface area contributed by atoms with Gasteiger partial charge in [0.15, 0.2) is 6.10 Å². The fraction of sp³-hybridized carbons (Fsp3) is 0.278. The maximum atomic E-state index is 11.4. The van der Waals surface area contributed by atoms with Crippen LogP contribution in [0.4, 0.5) is 0 Å². The van der Waals surface area contributed by atoms with E-state index >= 15 is 0 Å². The van der Waals surface area contributed by atoms with Crippen LogP contribution in [0.1, 0.15) is 11.1 Å². The zero-order valence-corrected chi connectivity index (χ0v) is 12.5. The third-order valence-electron chi connectivity index (χ3n) is 3.83. The number of carbonyl (C=O) groups is 1. The Morgan fingerprint density at radius 1 is 1.00 bits per heavy atom. The number of aliphatic carboxylic acids is 1. The van der Waals surface area contributed by atoms with E-state index in [-0.39, 0.29) is 0 Å². The van der Waals surface area contributed by atoms with Crippen molar-refractivity contribution in [2.75, 3.05) is 7.11 Å². The van der Waals surface area contributed by atoms with Gasteiger partial charge in [0.1, 0.15) is 5.60 Å². The van der Waals surface area contributed by atoms with Crippen molar-refractivity contribution in [2.45, 2.75) is 24.5 Å². The first-order valence-corrected chi connectivity index (χ1v) is 7.11. The molecule has 0 saturated heterocycles. The molecule has 0 amide bonds. The van der Waals surface area contributed by atoms with Crippen molar-refractivity contribution < 1.29 is 19.7 Å². The molecule has 0 aliphatic rings. The van der Waals surface area contributed by atoms with Gasteiger partial charge in [0.05, 0.1) is 0 Å². The molecular formula is C18H20O4. The van der Waals surface area contributed by atoms with Crippen molar-refractivity contribution in [3.8, 4) is 0 Å². The van der Waals surface area contributed by atoms with Crippen LogP contribution in [-0.2, 0) is 22.4 Å². The Kier molecular flexibility index (Phi) is 5.31. The Bertz CT molecular complexity index is 553. The minimum Gasteiger partial charge on any atom is -0.479 e. The number of methoxy groups -OCH3 is 1. The van der Waals surface area contributed by atoms with Gasteiger partial charge in [-0.1, -0.05) is 60.7 Å². The van der Waals surface area contributed by atoms with Gasteiger partial charge in [0.25, 0.3) is 0 Å². The molecule has 2 N–H and O–H groups in total. The van der Waals surface area contributed by atoms with Crippen molar-refractivity contribution >= 4 is 5.97 Å². The number of benzene rings is 2. The standard InChI is InChI=1S/C18H20O4/c1-22-18(16(19)17(20)21,12-14-8-4-2-5-9-14)13-15-10-6-3-7-11-15/h2-11,16,19H,12-13H2,1H3,(H,20,21). The van der Waals surface area contributed by atoms with Crippen LogP contribution < -0.4 is 0 Å². The van der Waals surface area contributed by atoms with E-state index in [1.807, 2.05) is 60.7 Å². The van der Waals surface area contributed by atoms with Crippen LogP contribution in [0, 0.1) is 0 Å². The Morgan fingerprint density at radius 2 is 1.41 bits per heavy atom. The molecule has 4 nitrogen and oxygen atoms in total. The van der Waals surface area contributed by atoms with E-state index < -0.39 is 17.7 Å². The van der Waals surface area contributed by atoms with Gasteiger partial charge >= 0.3 is 5.97 Å². The van der Waals surface area contributed by atoms with Gasteiger partial charge in [-0.05, 0) is 11.1 Å². The van der Waals surface area contributed by atoms with Gasteiger partial charge in [-0.2, -0.15) is 0 Å². The van der Waals surface area contributed by atoms with Crippen LogP contribution in [0.25, 0.3) is 0 Å². The minimum absolute atomic E-state index is 0.312. The average Bonchev–Trinajstić information content (AvgIpc) is 2.55. The molecule has 4 heteroatoms. The van der Waals surface area contributed by atoms with E-state index in [4.69, 9.17) is 4.74 Å². The predicted octanol–water partition coefficient (Wildman–Crippen LogP) is 2.30. The first-order valence-electron chi connectivity index (χ1n) is 7.11. The number of carboxylic acid groups (broad SMARTS) is 1. The number of ether oxygens (including phenoxy) is 1.